The molecule has 2 rings (SSSR count). The molecule has 0 amide bonds. The highest BCUT2D eigenvalue weighted by molar-refractivity contribution is 5.13. The highest BCUT2D eigenvalue weighted by Crippen LogP contribution is 2.48. The van der Waals surface area contributed by atoms with E-state index >= 15 is 0 Å². The number of rotatable bonds is 6. The third kappa shape index (κ3) is 3.62. The first-order valence-corrected chi connectivity index (χ1v) is 5.98. The molecule has 1 saturated carbocycles. The normalized spacial score (nSPS) is 19.4. The highest BCUT2D eigenvalue weighted by Gasteiger charge is 2.38. The Morgan fingerprint density at radius 1 is 1.31 bits per heavy atom. The third-order valence-electron chi connectivity index (χ3n) is 3.25. The van der Waals surface area contributed by atoms with Crippen molar-refractivity contribution in [2.24, 2.45) is 5.41 Å². The molecule has 1 aromatic carbocycles. The summed E-state index contributed by atoms with van der Waals surface area (Å²) in [5.74, 6) is 0. The Balaban J connectivity index is 1.64. The molecule has 0 aliphatic heterocycles. The Morgan fingerprint density at radius 2 is 2.00 bits per heavy atom. The van der Waals surface area contributed by atoms with Crippen molar-refractivity contribution in [1.82, 2.24) is 0 Å². The van der Waals surface area contributed by atoms with Gasteiger partial charge < -0.3 is 9.84 Å². The summed E-state index contributed by atoms with van der Waals surface area (Å²) in [6.07, 6.45) is 3.07. The molecule has 1 N–H and O–H groups in total. The fourth-order valence-corrected chi connectivity index (χ4v) is 1.93. The van der Waals surface area contributed by atoms with Crippen LogP contribution in [-0.4, -0.2) is 17.8 Å². The van der Waals surface area contributed by atoms with E-state index in [1.807, 2.05) is 30.3 Å². The van der Waals surface area contributed by atoms with Gasteiger partial charge in [-0.25, -0.2) is 0 Å². The Bertz CT molecular complexity index is 317. The van der Waals surface area contributed by atoms with Gasteiger partial charge in [-0.15, -0.1) is 0 Å². The highest BCUT2D eigenvalue weighted by atomic mass is 16.5. The van der Waals surface area contributed by atoms with E-state index < -0.39 is 0 Å². The van der Waals surface area contributed by atoms with Crippen LogP contribution >= 0.6 is 0 Å². The second kappa shape index (κ2) is 4.98. The van der Waals surface area contributed by atoms with Gasteiger partial charge in [0, 0.05) is 0 Å². The first-order chi connectivity index (χ1) is 7.68. The Labute approximate surface area is 97.3 Å². The number of hydrogen-bond acceptors (Lipinski definition) is 2. The molecule has 2 heteroatoms. The molecule has 0 spiro atoms. The van der Waals surface area contributed by atoms with Crippen molar-refractivity contribution in [3.63, 3.8) is 0 Å². The zero-order valence-corrected chi connectivity index (χ0v) is 9.86. The van der Waals surface area contributed by atoms with E-state index in [2.05, 4.69) is 6.92 Å². The largest absolute Gasteiger partial charge is 0.391 e. The summed E-state index contributed by atoms with van der Waals surface area (Å²) >= 11 is 0. The predicted molar refractivity (Wildman–Crippen MR) is 64.1 cm³/mol. The van der Waals surface area contributed by atoms with Gasteiger partial charge in [-0.3, -0.25) is 0 Å². The molecular formula is C14H20O2. The van der Waals surface area contributed by atoms with E-state index in [0.29, 0.717) is 18.6 Å². The van der Waals surface area contributed by atoms with E-state index in [9.17, 15) is 5.11 Å². The lowest BCUT2D eigenvalue weighted by Crippen LogP contribution is -2.18. The molecule has 1 unspecified atom stereocenters. The number of ether oxygens (including phenoxy) is 1. The Kier molecular flexibility index (Phi) is 3.62. The third-order valence-corrected chi connectivity index (χ3v) is 3.25. The van der Waals surface area contributed by atoms with Crippen molar-refractivity contribution in [3.8, 4) is 0 Å². The minimum absolute atomic E-state index is 0.309. The average Bonchev–Trinajstić information content (AvgIpc) is 2.97. The summed E-state index contributed by atoms with van der Waals surface area (Å²) in [7, 11) is 0. The second-order valence-corrected chi connectivity index (χ2v) is 5.17. The zero-order chi connectivity index (χ0) is 11.4. The van der Waals surface area contributed by atoms with E-state index in [1.54, 1.807) is 0 Å². The maximum Gasteiger partial charge on any atom is 0.0779 e. The van der Waals surface area contributed by atoms with Crippen LogP contribution in [-0.2, 0) is 11.3 Å². The molecule has 0 radical (unpaired) electrons. The smallest absolute Gasteiger partial charge is 0.0779 e. The fourth-order valence-electron chi connectivity index (χ4n) is 1.93. The minimum atomic E-state index is -0.309. The van der Waals surface area contributed by atoms with Gasteiger partial charge in [0.25, 0.3) is 0 Å². The van der Waals surface area contributed by atoms with Crippen molar-refractivity contribution in [2.75, 3.05) is 6.61 Å². The summed E-state index contributed by atoms with van der Waals surface area (Å²) in [5.41, 5.74) is 1.56. The molecule has 0 heterocycles. The van der Waals surface area contributed by atoms with E-state index in [1.165, 1.54) is 12.8 Å². The predicted octanol–water partition coefficient (Wildman–Crippen LogP) is 2.75. The molecule has 88 valence electrons. The second-order valence-electron chi connectivity index (χ2n) is 5.17. The molecule has 1 aliphatic carbocycles. The van der Waals surface area contributed by atoms with Crippen LogP contribution in [0.4, 0.5) is 0 Å². The van der Waals surface area contributed by atoms with Crippen LogP contribution in [0.15, 0.2) is 30.3 Å². The van der Waals surface area contributed by atoms with Gasteiger partial charge in [-0.1, -0.05) is 37.3 Å². The first kappa shape index (κ1) is 11.6. The molecule has 1 fully saturated rings. The molecule has 0 saturated heterocycles. The van der Waals surface area contributed by atoms with E-state index in [-0.39, 0.29) is 6.10 Å². The Morgan fingerprint density at radius 3 is 2.62 bits per heavy atom. The summed E-state index contributed by atoms with van der Waals surface area (Å²) < 4.78 is 5.51. The van der Waals surface area contributed by atoms with Gasteiger partial charge in [-0.2, -0.15) is 0 Å². The standard InChI is InChI=1S/C14H20O2/c1-14(7-8-14)9-13(15)11-16-10-12-5-3-2-4-6-12/h2-6,13,15H,7-11H2,1H3. The molecular weight excluding hydrogens is 200 g/mol. The van der Waals surface area contributed by atoms with Crippen LogP contribution in [0, 0.1) is 5.41 Å². The van der Waals surface area contributed by atoms with Gasteiger partial charge in [0.1, 0.15) is 0 Å². The molecule has 0 aromatic heterocycles. The first-order valence-electron chi connectivity index (χ1n) is 5.98. The Hall–Kier alpha value is -0.860. The lowest BCUT2D eigenvalue weighted by Gasteiger charge is -2.15. The summed E-state index contributed by atoms with van der Waals surface area (Å²) in [4.78, 5) is 0. The van der Waals surface area contributed by atoms with Gasteiger partial charge >= 0.3 is 0 Å². The maximum atomic E-state index is 9.78. The summed E-state index contributed by atoms with van der Waals surface area (Å²) in [6, 6.07) is 10.1. The van der Waals surface area contributed by atoms with Gasteiger partial charge in [0.2, 0.25) is 0 Å². The van der Waals surface area contributed by atoms with Crippen LogP contribution < -0.4 is 0 Å². The van der Waals surface area contributed by atoms with Crippen molar-refractivity contribution in [3.05, 3.63) is 35.9 Å². The summed E-state index contributed by atoms with van der Waals surface area (Å²) in [5, 5.41) is 9.78. The van der Waals surface area contributed by atoms with E-state index in [4.69, 9.17) is 4.74 Å². The van der Waals surface area contributed by atoms with Crippen LogP contribution in [0.25, 0.3) is 0 Å². The zero-order valence-electron chi connectivity index (χ0n) is 9.86. The van der Waals surface area contributed by atoms with Crippen LogP contribution in [0.1, 0.15) is 31.7 Å². The minimum Gasteiger partial charge on any atom is -0.391 e. The van der Waals surface area contributed by atoms with Crippen LogP contribution in [0.3, 0.4) is 0 Å². The lowest BCUT2D eigenvalue weighted by atomic mass is 10.0. The van der Waals surface area contributed by atoms with Crippen LogP contribution in [0.5, 0.6) is 0 Å². The molecule has 16 heavy (non-hydrogen) atoms. The average molecular weight is 220 g/mol. The number of aliphatic hydroxyl groups excluding tert-OH is 1. The SMILES string of the molecule is CC1(CC(O)COCc2ccccc2)CC1. The van der Waals surface area contributed by atoms with Crippen molar-refractivity contribution in [2.45, 2.75) is 38.9 Å². The molecule has 0 bridgehead atoms. The monoisotopic (exact) mass is 220 g/mol. The van der Waals surface area contributed by atoms with Crippen LogP contribution in [0.2, 0.25) is 0 Å². The molecule has 1 aliphatic rings. The topological polar surface area (TPSA) is 29.5 Å². The quantitative estimate of drug-likeness (QED) is 0.798. The van der Waals surface area contributed by atoms with E-state index in [0.717, 1.165) is 12.0 Å². The molecule has 1 aromatic rings. The van der Waals surface area contributed by atoms with Gasteiger partial charge in [-0.05, 0) is 30.2 Å². The fraction of sp³-hybridized carbons (Fsp3) is 0.571. The van der Waals surface area contributed by atoms with Crippen molar-refractivity contribution >= 4 is 0 Å². The van der Waals surface area contributed by atoms with Gasteiger partial charge in [0.15, 0.2) is 0 Å². The maximum absolute atomic E-state index is 9.78. The summed E-state index contributed by atoms with van der Waals surface area (Å²) in [6.45, 7) is 3.27. The van der Waals surface area contributed by atoms with Crippen molar-refractivity contribution in [1.29, 1.82) is 0 Å². The lowest BCUT2D eigenvalue weighted by molar-refractivity contribution is 0.0156. The van der Waals surface area contributed by atoms with Gasteiger partial charge in [0.05, 0.1) is 19.3 Å². The van der Waals surface area contributed by atoms with Crippen molar-refractivity contribution < 1.29 is 9.84 Å². The molecule has 1 atom stereocenters. The number of aliphatic hydroxyl groups is 1. The molecule has 2 nitrogen and oxygen atoms in total. The number of hydrogen-bond donors (Lipinski definition) is 1. The number of benzene rings is 1.